The number of halogens is 2. The number of benzene rings is 1. The van der Waals surface area contributed by atoms with Gasteiger partial charge in [0.15, 0.2) is 17.5 Å². The van der Waals surface area contributed by atoms with Crippen LogP contribution in [0.15, 0.2) is 40.1 Å². The van der Waals surface area contributed by atoms with Crippen LogP contribution in [0.3, 0.4) is 0 Å². The maximum Gasteiger partial charge on any atom is 0.255 e. The quantitative estimate of drug-likeness (QED) is 0.383. The molecule has 0 spiro atoms. The summed E-state index contributed by atoms with van der Waals surface area (Å²) in [5, 5.41) is 9.19. The minimum Gasteiger partial charge on any atom is -0.395 e. The summed E-state index contributed by atoms with van der Waals surface area (Å²) in [5.74, 6) is -0.638. The molecule has 3 heterocycles. The maximum atomic E-state index is 15.3. The molecule has 1 aliphatic rings. The van der Waals surface area contributed by atoms with Crippen LogP contribution in [0.4, 0.5) is 14.6 Å². The standard InChI is InChI=1S/C29H35F2N7O2.CH5N/c1-18(2)38-20(4)35-28-23(30)15-21(16-25(28)38)27(32-5)24(31)17-33-26-8-7-22(19(3)34-26)29(40)37-10-6-9-36(11-12-37)13-14-39;1-2/h7-8,15-18,39H,5-6,9-14H2,1-4H3;2H2,1H3/b27-24+,33-17?;. The zero-order chi connectivity index (χ0) is 31.0. The third-order valence-electron chi connectivity index (χ3n) is 7.00. The number of pyridine rings is 1. The van der Waals surface area contributed by atoms with Crippen molar-refractivity contribution < 1.29 is 18.7 Å². The van der Waals surface area contributed by atoms with Crippen LogP contribution < -0.4 is 5.73 Å². The number of aliphatic hydroxyl groups is 1. The van der Waals surface area contributed by atoms with Crippen molar-refractivity contribution in [2.24, 2.45) is 15.7 Å². The Morgan fingerprint density at radius 1 is 1.17 bits per heavy atom. The highest BCUT2D eigenvalue weighted by molar-refractivity contribution is 5.96. The number of imidazole rings is 1. The molecule has 0 atom stereocenters. The second-order valence-electron chi connectivity index (χ2n) is 10.1. The molecule has 0 aliphatic carbocycles. The van der Waals surface area contributed by atoms with Gasteiger partial charge in [-0.15, -0.1) is 0 Å². The second kappa shape index (κ2) is 14.9. The van der Waals surface area contributed by atoms with Crippen LogP contribution in [0.25, 0.3) is 16.7 Å². The maximum absolute atomic E-state index is 15.3. The number of allylic oxidation sites excluding steroid dienone is 1. The van der Waals surface area contributed by atoms with E-state index in [1.54, 1.807) is 36.9 Å². The zero-order valence-electron chi connectivity index (χ0n) is 24.9. The molecule has 2 aromatic heterocycles. The number of rotatable bonds is 8. The van der Waals surface area contributed by atoms with Crippen molar-refractivity contribution in [1.82, 2.24) is 24.3 Å². The smallest absolute Gasteiger partial charge is 0.255 e. The molecular formula is C30H40F2N8O2. The van der Waals surface area contributed by atoms with Gasteiger partial charge in [0, 0.05) is 37.8 Å². The molecular weight excluding hydrogens is 542 g/mol. The van der Waals surface area contributed by atoms with Crippen LogP contribution in [0.2, 0.25) is 0 Å². The molecule has 0 saturated carbocycles. The van der Waals surface area contributed by atoms with Gasteiger partial charge < -0.3 is 20.3 Å². The third-order valence-corrected chi connectivity index (χ3v) is 7.00. The number of aryl methyl sites for hydroxylation is 2. The highest BCUT2D eigenvalue weighted by Gasteiger charge is 2.22. The number of fused-ring (bicyclic) bond motifs is 1. The topological polar surface area (TPSA) is 125 Å². The van der Waals surface area contributed by atoms with Gasteiger partial charge in [0.1, 0.15) is 17.0 Å². The number of aliphatic hydroxyl groups excluding tert-OH is 1. The number of carbonyl (C=O) groups is 1. The van der Waals surface area contributed by atoms with Gasteiger partial charge in [0.25, 0.3) is 5.91 Å². The Morgan fingerprint density at radius 2 is 1.90 bits per heavy atom. The zero-order valence-corrected chi connectivity index (χ0v) is 24.9. The van der Waals surface area contributed by atoms with Crippen LogP contribution in [0.1, 0.15) is 53.7 Å². The Morgan fingerprint density at radius 3 is 2.55 bits per heavy atom. The first-order valence-corrected chi connectivity index (χ1v) is 13.9. The Bertz CT molecular complexity index is 1480. The van der Waals surface area contributed by atoms with E-state index >= 15 is 4.39 Å². The summed E-state index contributed by atoms with van der Waals surface area (Å²) in [6.45, 7) is 14.3. The normalized spacial score (nSPS) is 15.0. The molecule has 1 saturated heterocycles. The molecule has 1 amide bonds. The van der Waals surface area contributed by atoms with Crippen molar-refractivity contribution in [2.45, 2.75) is 40.2 Å². The number of aliphatic imine (C=N–C) groups is 2. The Labute approximate surface area is 245 Å². The van der Waals surface area contributed by atoms with E-state index in [1.165, 1.54) is 13.1 Å². The van der Waals surface area contributed by atoms with E-state index in [0.29, 0.717) is 48.8 Å². The van der Waals surface area contributed by atoms with E-state index in [9.17, 15) is 14.3 Å². The number of β-amino-alcohol motifs (C(OH)–C–C–N with tert-alkyl or cyclic N) is 1. The summed E-state index contributed by atoms with van der Waals surface area (Å²) in [7, 11) is 1.50. The van der Waals surface area contributed by atoms with Crippen molar-refractivity contribution in [2.75, 3.05) is 46.4 Å². The van der Waals surface area contributed by atoms with Crippen molar-refractivity contribution in [3.8, 4) is 0 Å². The number of nitrogens with two attached hydrogens (primary N) is 1. The van der Waals surface area contributed by atoms with Crippen LogP contribution in [0, 0.1) is 19.7 Å². The van der Waals surface area contributed by atoms with E-state index < -0.39 is 11.6 Å². The molecule has 0 bridgehead atoms. The molecule has 0 unspecified atom stereocenters. The average molecular weight is 583 g/mol. The Hall–Kier alpha value is -3.87. The van der Waals surface area contributed by atoms with Crippen molar-refractivity contribution >= 4 is 41.4 Å². The molecule has 10 nitrogen and oxygen atoms in total. The van der Waals surface area contributed by atoms with Gasteiger partial charge in [-0.1, -0.05) is 0 Å². The van der Waals surface area contributed by atoms with Crippen LogP contribution in [0.5, 0.6) is 0 Å². The predicted molar refractivity (Wildman–Crippen MR) is 164 cm³/mol. The fraction of sp³-hybridized carbons (Fsp3) is 0.433. The molecule has 1 aromatic carbocycles. The number of amides is 1. The van der Waals surface area contributed by atoms with Crippen molar-refractivity contribution in [1.29, 1.82) is 0 Å². The lowest BCUT2D eigenvalue weighted by Gasteiger charge is -2.22. The lowest BCUT2D eigenvalue weighted by Crippen LogP contribution is -2.36. The second-order valence-corrected chi connectivity index (χ2v) is 10.1. The number of hydrogen-bond donors (Lipinski definition) is 2. The van der Waals surface area contributed by atoms with Crippen LogP contribution in [-0.4, -0.2) is 94.7 Å². The largest absolute Gasteiger partial charge is 0.395 e. The highest BCUT2D eigenvalue weighted by Crippen LogP contribution is 2.29. The van der Waals surface area contributed by atoms with Crippen LogP contribution in [-0.2, 0) is 0 Å². The number of hydrogen-bond acceptors (Lipinski definition) is 8. The van der Waals surface area contributed by atoms with E-state index in [0.717, 1.165) is 19.2 Å². The van der Waals surface area contributed by atoms with Crippen molar-refractivity contribution in [3.05, 3.63) is 58.6 Å². The van der Waals surface area contributed by atoms with E-state index in [-0.39, 0.29) is 41.2 Å². The molecule has 1 fully saturated rings. The first-order chi connectivity index (χ1) is 20.1. The first-order valence-electron chi connectivity index (χ1n) is 13.9. The van der Waals surface area contributed by atoms with Gasteiger partial charge in [0.05, 0.1) is 29.6 Å². The number of aromatic nitrogens is 3. The van der Waals surface area contributed by atoms with E-state index in [2.05, 4.69) is 37.3 Å². The monoisotopic (exact) mass is 582 g/mol. The van der Waals surface area contributed by atoms with E-state index in [1.807, 2.05) is 18.4 Å². The minimum absolute atomic E-state index is 0.0275. The Balaban J connectivity index is 0.00000237. The summed E-state index contributed by atoms with van der Waals surface area (Å²) in [6.07, 6.45) is 1.78. The molecule has 12 heteroatoms. The SMILES string of the molecule is C=N/C(=C(/F)C=Nc1ccc(C(=O)N2CCCN(CCO)CC2)c(C)n1)c1cc(F)c2nc(C)n(C(C)C)c2c1.CN. The van der Waals surface area contributed by atoms with E-state index in [4.69, 9.17) is 0 Å². The fourth-order valence-electron chi connectivity index (χ4n) is 5.10. The molecule has 3 aromatic rings. The predicted octanol–water partition coefficient (Wildman–Crippen LogP) is 4.22. The summed E-state index contributed by atoms with van der Waals surface area (Å²) < 4.78 is 32.0. The lowest BCUT2D eigenvalue weighted by molar-refractivity contribution is 0.0759. The van der Waals surface area contributed by atoms with Gasteiger partial charge in [-0.25, -0.2) is 23.7 Å². The average Bonchev–Trinajstić information content (AvgIpc) is 3.14. The highest BCUT2D eigenvalue weighted by atomic mass is 19.1. The number of nitrogens with zero attached hydrogens (tertiary/aromatic N) is 7. The summed E-state index contributed by atoms with van der Waals surface area (Å²) >= 11 is 0. The summed E-state index contributed by atoms with van der Waals surface area (Å²) in [4.78, 5) is 33.7. The fourth-order valence-corrected chi connectivity index (χ4v) is 5.10. The van der Waals surface area contributed by atoms with Gasteiger partial charge in [-0.3, -0.25) is 14.7 Å². The first kappa shape index (κ1) is 32.6. The van der Waals surface area contributed by atoms with Gasteiger partial charge in [-0.2, -0.15) is 0 Å². The van der Waals surface area contributed by atoms with Crippen molar-refractivity contribution in [3.63, 3.8) is 0 Å². The molecule has 1 aliphatic heterocycles. The minimum atomic E-state index is -0.808. The molecule has 42 heavy (non-hydrogen) atoms. The van der Waals surface area contributed by atoms with Crippen LogP contribution >= 0.6 is 0 Å². The van der Waals surface area contributed by atoms with Gasteiger partial charge in [-0.05, 0) is 78.7 Å². The molecule has 0 radical (unpaired) electrons. The lowest BCUT2D eigenvalue weighted by atomic mass is 10.1. The number of carbonyl (C=O) groups excluding carboxylic acids is 1. The molecule has 3 N–H and O–H groups in total. The van der Waals surface area contributed by atoms with Gasteiger partial charge in [0.2, 0.25) is 0 Å². The summed E-state index contributed by atoms with van der Waals surface area (Å²) in [6, 6.07) is 6.05. The molecule has 4 rings (SSSR count). The third kappa shape index (κ3) is 7.30. The Kier molecular flexibility index (Phi) is 11.5. The summed E-state index contributed by atoms with van der Waals surface area (Å²) in [5.41, 5.74) is 6.25. The van der Waals surface area contributed by atoms with Gasteiger partial charge >= 0.3 is 0 Å². The molecule has 226 valence electrons.